The quantitative estimate of drug-likeness (QED) is 0.0613. The molecule has 15 heteroatoms. The molecule has 5 atom stereocenters. The van der Waals surface area contributed by atoms with Gasteiger partial charge in [0.05, 0.1) is 19.0 Å². The second kappa shape index (κ2) is 15.3. The van der Waals surface area contributed by atoms with Gasteiger partial charge >= 0.3 is 5.97 Å². The first kappa shape index (κ1) is 30.3. The summed E-state index contributed by atoms with van der Waals surface area (Å²) in [5.74, 6) is -3.95. The van der Waals surface area contributed by atoms with Crippen molar-refractivity contribution in [1.29, 1.82) is 0 Å². The summed E-state index contributed by atoms with van der Waals surface area (Å²) >= 11 is 0. The van der Waals surface area contributed by atoms with Crippen LogP contribution in [0.4, 0.5) is 0 Å². The lowest BCUT2D eigenvalue weighted by atomic mass is 9.98. The molecule has 0 saturated carbocycles. The van der Waals surface area contributed by atoms with E-state index in [1.54, 1.807) is 13.8 Å². The maximum atomic E-state index is 13.0. The molecule has 12 N–H and O–H groups in total. The van der Waals surface area contributed by atoms with Crippen LogP contribution in [0, 0.1) is 5.92 Å². The van der Waals surface area contributed by atoms with Gasteiger partial charge in [0.15, 0.2) is 5.96 Å². The summed E-state index contributed by atoms with van der Waals surface area (Å²) in [6.45, 7) is 2.98. The van der Waals surface area contributed by atoms with E-state index in [4.69, 9.17) is 17.2 Å². The number of nitrogens with one attached hydrogen (secondary N) is 4. The van der Waals surface area contributed by atoms with Crippen molar-refractivity contribution in [2.75, 3.05) is 13.2 Å². The topological polar surface area (TPSA) is 264 Å². The minimum atomic E-state index is -1.40. The number of carbonyl (C=O) groups is 4. The number of hydrogen-bond donors (Lipinski definition) is 9. The standard InChI is InChI=1S/C21H37N9O6/c1-3-11(2)16(20(35)36)30-18(33)14(7-12-8-25-10-27-12)28-19(34)15(9-31)29-17(32)13(22)5-4-6-26-21(23)24/h8,10-11,13-16,31H,3-7,9,22H2,1-2H3,(H,25,27)(H,28,34)(H,29,32)(H,30,33)(H,35,36)(H4,23,24,26). The first-order chi connectivity index (χ1) is 17.0. The fourth-order valence-electron chi connectivity index (χ4n) is 3.16. The van der Waals surface area contributed by atoms with E-state index < -0.39 is 54.5 Å². The van der Waals surface area contributed by atoms with Crippen LogP contribution in [0.3, 0.4) is 0 Å². The molecule has 1 aromatic rings. The molecule has 3 amide bonds. The number of aliphatic imine (C=N–C) groups is 1. The number of aromatic amines is 1. The molecule has 0 aliphatic rings. The number of carboxylic acids is 1. The summed E-state index contributed by atoms with van der Waals surface area (Å²) in [6, 6.07) is -4.78. The number of hydrogen-bond acceptors (Lipinski definition) is 8. The molecule has 15 nitrogen and oxygen atoms in total. The third-order valence-electron chi connectivity index (χ3n) is 5.51. The number of aliphatic hydroxyl groups excluding tert-OH is 1. The predicted molar refractivity (Wildman–Crippen MR) is 130 cm³/mol. The maximum Gasteiger partial charge on any atom is 0.326 e. The number of aliphatic hydroxyl groups is 1. The fraction of sp³-hybridized carbons (Fsp3) is 0.619. The maximum absolute atomic E-state index is 13.0. The van der Waals surface area contributed by atoms with Crippen molar-refractivity contribution in [1.82, 2.24) is 25.9 Å². The number of aliphatic carboxylic acids is 1. The second-order valence-electron chi connectivity index (χ2n) is 8.35. The summed E-state index contributed by atoms with van der Waals surface area (Å²) in [4.78, 5) is 60.3. The molecule has 1 aromatic heterocycles. The summed E-state index contributed by atoms with van der Waals surface area (Å²) < 4.78 is 0. The average molecular weight is 512 g/mol. The molecule has 0 spiro atoms. The van der Waals surface area contributed by atoms with Crippen LogP contribution in [-0.2, 0) is 25.6 Å². The average Bonchev–Trinajstić information content (AvgIpc) is 3.34. The lowest BCUT2D eigenvalue weighted by Crippen LogP contribution is -2.59. The fourth-order valence-corrected chi connectivity index (χ4v) is 3.16. The van der Waals surface area contributed by atoms with Crippen molar-refractivity contribution < 1.29 is 29.4 Å². The Hall–Kier alpha value is -3.72. The molecule has 0 saturated heterocycles. The Bertz CT molecular complexity index is 888. The first-order valence-electron chi connectivity index (χ1n) is 11.5. The van der Waals surface area contributed by atoms with Gasteiger partial charge in [0.1, 0.15) is 18.1 Å². The van der Waals surface area contributed by atoms with E-state index in [2.05, 4.69) is 30.9 Å². The summed E-state index contributed by atoms with van der Waals surface area (Å²) in [6.07, 6.45) is 3.93. The number of carboxylic acid groups (broad SMARTS) is 1. The number of amides is 3. The van der Waals surface area contributed by atoms with Crippen LogP contribution in [0.25, 0.3) is 0 Å². The number of nitrogens with two attached hydrogens (primary N) is 3. The predicted octanol–water partition coefficient (Wildman–Crippen LogP) is -3.09. The van der Waals surface area contributed by atoms with Crippen LogP contribution in [-0.4, -0.2) is 87.2 Å². The Balaban J connectivity index is 2.88. The van der Waals surface area contributed by atoms with E-state index >= 15 is 0 Å². The molecule has 0 bridgehead atoms. The lowest BCUT2D eigenvalue weighted by molar-refractivity contribution is -0.143. The Morgan fingerprint density at radius 2 is 1.75 bits per heavy atom. The zero-order chi connectivity index (χ0) is 27.3. The van der Waals surface area contributed by atoms with Crippen molar-refractivity contribution in [3.8, 4) is 0 Å². The van der Waals surface area contributed by atoms with Crippen LogP contribution < -0.4 is 33.2 Å². The van der Waals surface area contributed by atoms with Crippen molar-refractivity contribution in [3.63, 3.8) is 0 Å². The number of carbonyl (C=O) groups excluding carboxylic acids is 3. The molecule has 0 radical (unpaired) electrons. The first-order valence-corrected chi connectivity index (χ1v) is 11.5. The van der Waals surface area contributed by atoms with Crippen LogP contribution in [0.5, 0.6) is 0 Å². The molecule has 5 unspecified atom stereocenters. The van der Waals surface area contributed by atoms with E-state index in [-0.39, 0.29) is 31.3 Å². The molecule has 0 aliphatic heterocycles. The second-order valence-corrected chi connectivity index (χ2v) is 8.35. The molecule has 0 aliphatic carbocycles. The highest BCUT2D eigenvalue weighted by atomic mass is 16.4. The van der Waals surface area contributed by atoms with Gasteiger partial charge in [-0.15, -0.1) is 0 Å². The Morgan fingerprint density at radius 3 is 2.28 bits per heavy atom. The third kappa shape index (κ3) is 10.3. The van der Waals surface area contributed by atoms with Gasteiger partial charge in [-0.2, -0.15) is 0 Å². The normalized spacial score (nSPS) is 15.0. The molecule has 0 fully saturated rings. The zero-order valence-corrected chi connectivity index (χ0v) is 20.4. The van der Waals surface area contributed by atoms with E-state index in [0.29, 0.717) is 18.5 Å². The Labute approximate surface area is 208 Å². The van der Waals surface area contributed by atoms with E-state index in [9.17, 15) is 29.4 Å². The van der Waals surface area contributed by atoms with Gasteiger partial charge in [0, 0.05) is 24.9 Å². The third-order valence-corrected chi connectivity index (χ3v) is 5.51. The van der Waals surface area contributed by atoms with Gasteiger partial charge in [0.2, 0.25) is 17.7 Å². The van der Waals surface area contributed by atoms with Crippen molar-refractivity contribution in [2.24, 2.45) is 28.1 Å². The highest BCUT2D eigenvalue weighted by Crippen LogP contribution is 2.09. The number of H-pyrrole nitrogens is 1. The van der Waals surface area contributed by atoms with E-state index in [1.807, 2.05) is 0 Å². The highest BCUT2D eigenvalue weighted by Gasteiger charge is 2.32. The molecule has 202 valence electrons. The molecular weight excluding hydrogens is 474 g/mol. The molecule has 36 heavy (non-hydrogen) atoms. The highest BCUT2D eigenvalue weighted by molar-refractivity contribution is 5.94. The Morgan fingerprint density at radius 1 is 1.11 bits per heavy atom. The number of guanidine groups is 1. The van der Waals surface area contributed by atoms with Crippen LogP contribution >= 0.6 is 0 Å². The minimum absolute atomic E-state index is 0.0409. The number of rotatable bonds is 16. The summed E-state index contributed by atoms with van der Waals surface area (Å²) in [5, 5.41) is 26.4. The SMILES string of the molecule is CCC(C)C(NC(=O)C(Cc1cnc[nH]1)NC(=O)C(CO)NC(=O)C(N)CCCN=C(N)N)C(=O)O. The number of aromatic nitrogens is 2. The van der Waals surface area contributed by atoms with Gasteiger partial charge in [-0.05, 0) is 18.8 Å². The minimum Gasteiger partial charge on any atom is -0.480 e. The van der Waals surface area contributed by atoms with Crippen LogP contribution in [0.15, 0.2) is 17.5 Å². The van der Waals surface area contributed by atoms with E-state index in [1.165, 1.54) is 12.5 Å². The van der Waals surface area contributed by atoms with Gasteiger partial charge in [0.25, 0.3) is 0 Å². The molecular formula is C21H37N9O6. The Kier molecular flexibility index (Phi) is 12.9. The molecule has 1 heterocycles. The van der Waals surface area contributed by atoms with Crippen molar-refractivity contribution >= 4 is 29.7 Å². The van der Waals surface area contributed by atoms with Gasteiger partial charge in [-0.1, -0.05) is 20.3 Å². The number of nitrogens with zero attached hydrogens (tertiary/aromatic N) is 2. The van der Waals surface area contributed by atoms with Gasteiger partial charge in [-0.3, -0.25) is 19.4 Å². The monoisotopic (exact) mass is 511 g/mol. The van der Waals surface area contributed by atoms with Crippen molar-refractivity contribution in [3.05, 3.63) is 18.2 Å². The summed E-state index contributed by atoms with van der Waals surface area (Å²) in [7, 11) is 0. The molecule has 0 aromatic carbocycles. The zero-order valence-electron chi connectivity index (χ0n) is 20.4. The van der Waals surface area contributed by atoms with Gasteiger partial charge in [-0.25, -0.2) is 9.78 Å². The van der Waals surface area contributed by atoms with Crippen LogP contribution in [0.2, 0.25) is 0 Å². The number of imidazole rings is 1. The van der Waals surface area contributed by atoms with Crippen molar-refractivity contribution in [2.45, 2.75) is 63.7 Å². The molecule has 1 rings (SSSR count). The van der Waals surface area contributed by atoms with Gasteiger partial charge < -0.3 is 48.3 Å². The largest absolute Gasteiger partial charge is 0.480 e. The van der Waals surface area contributed by atoms with Crippen LogP contribution in [0.1, 0.15) is 38.8 Å². The smallest absolute Gasteiger partial charge is 0.326 e. The summed E-state index contributed by atoms with van der Waals surface area (Å²) in [5.41, 5.74) is 16.8. The van der Waals surface area contributed by atoms with E-state index in [0.717, 1.165) is 0 Å². The lowest BCUT2D eigenvalue weighted by Gasteiger charge is -2.26.